The van der Waals surface area contributed by atoms with Crippen molar-refractivity contribution in [3.05, 3.63) is 64.0 Å². The van der Waals surface area contributed by atoms with Crippen molar-refractivity contribution >= 4 is 22.3 Å². The van der Waals surface area contributed by atoms with Gasteiger partial charge in [-0.1, -0.05) is 18.2 Å². The van der Waals surface area contributed by atoms with Gasteiger partial charge < -0.3 is 4.42 Å². The predicted molar refractivity (Wildman–Crippen MR) is 95.9 cm³/mol. The summed E-state index contributed by atoms with van der Waals surface area (Å²) >= 11 is 1.88. The van der Waals surface area contributed by atoms with E-state index in [0.29, 0.717) is 0 Å². The summed E-state index contributed by atoms with van der Waals surface area (Å²) in [5.41, 5.74) is 4.56. The molecule has 0 saturated carbocycles. The van der Waals surface area contributed by atoms with Crippen LogP contribution in [0, 0.1) is 0 Å². The Morgan fingerprint density at radius 3 is 3.17 bits per heavy atom. The Morgan fingerprint density at radius 2 is 2.21 bits per heavy atom. The van der Waals surface area contributed by atoms with E-state index in [1.807, 2.05) is 35.7 Å². The number of aromatic nitrogens is 2. The zero-order valence-corrected chi connectivity index (χ0v) is 14.0. The molecule has 4 heterocycles. The molecule has 4 nitrogen and oxygen atoms in total. The van der Waals surface area contributed by atoms with Gasteiger partial charge in [0.15, 0.2) is 5.76 Å². The van der Waals surface area contributed by atoms with Crippen LogP contribution in [0.5, 0.6) is 0 Å². The van der Waals surface area contributed by atoms with Gasteiger partial charge in [0.05, 0.1) is 6.20 Å². The number of aromatic amines is 1. The summed E-state index contributed by atoms with van der Waals surface area (Å²) in [4.78, 5) is 4.02. The minimum absolute atomic E-state index is 0.858. The molecular weight excluding hydrogens is 318 g/mol. The third kappa shape index (κ3) is 2.37. The highest BCUT2D eigenvalue weighted by molar-refractivity contribution is 7.10. The maximum atomic E-state index is 6.00. The van der Waals surface area contributed by atoms with E-state index < -0.39 is 0 Å². The molecule has 4 aromatic rings. The molecule has 0 aliphatic carbocycles. The van der Waals surface area contributed by atoms with E-state index in [0.717, 1.165) is 48.5 Å². The number of hydrogen-bond acceptors (Lipinski definition) is 4. The van der Waals surface area contributed by atoms with Crippen molar-refractivity contribution in [1.29, 1.82) is 0 Å². The Kier molecular flexibility index (Phi) is 3.28. The van der Waals surface area contributed by atoms with E-state index in [-0.39, 0.29) is 0 Å². The quantitative estimate of drug-likeness (QED) is 0.602. The Bertz CT molecular complexity index is 964. The van der Waals surface area contributed by atoms with Crippen LogP contribution in [0.2, 0.25) is 0 Å². The summed E-state index contributed by atoms with van der Waals surface area (Å²) < 4.78 is 6.00. The molecule has 3 aromatic heterocycles. The lowest BCUT2D eigenvalue weighted by Gasteiger charge is -2.26. The highest BCUT2D eigenvalue weighted by Gasteiger charge is 2.20. The standard InChI is InChI=1S/C19H17N3OS/c1-2-4-16-13(3-1)9-17(23-16)19-15(10-20-21-19)12-22-7-5-18-14(11-22)6-8-24-18/h1-4,6,8-10H,5,7,11-12H2,(H,20,21). The molecule has 1 N–H and O–H groups in total. The topological polar surface area (TPSA) is 45.1 Å². The van der Waals surface area contributed by atoms with E-state index >= 15 is 0 Å². The third-order valence-electron chi connectivity index (χ3n) is 4.67. The van der Waals surface area contributed by atoms with Crippen LogP contribution in [0.25, 0.3) is 22.4 Å². The van der Waals surface area contributed by atoms with Crippen molar-refractivity contribution in [2.45, 2.75) is 19.5 Å². The summed E-state index contributed by atoms with van der Waals surface area (Å²) in [5, 5.41) is 10.7. The fourth-order valence-corrected chi connectivity index (χ4v) is 4.32. The second kappa shape index (κ2) is 5.61. The van der Waals surface area contributed by atoms with Gasteiger partial charge in [0.25, 0.3) is 0 Å². The molecule has 5 rings (SSSR count). The summed E-state index contributed by atoms with van der Waals surface area (Å²) in [5.74, 6) is 0.858. The summed E-state index contributed by atoms with van der Waals surface area (Å²) in [6.07, 6.45) is 3.07. The Labute approximate surface area is 143 Å². The number of H-pyrrole nitrogens is 1. The third-order valence-corrected chi connectivity index (χ3v) is 5.69. The normalized spacial score (nSPS) is 15.0. The lowest BCUT2D eigenvalue weighted by atomic mass is 10.1. The highest BCUT2D eigenvalue weighted by Crippen LogP contribution is 2.30. The Morgan fingerprint density at radius 1 is 1.25 bits per heavy atom. The fourth-order valence-electron chi connectivity index (χ4n) is 3.43. The van der Waals surface area contributed by atoms with Gasteiger partial charge in [0.1, 0.15) is 11.3 Å². The van der Waals surface area contributed by atoms with Gasteiger partial charge in [-0.2, -0.15) is 5.10 Å². The molecule has 1 aromatic carbocycles. The lowest BCUT2D eigenvalue weighted by molar-refractivity contribution is 0.247. The number of para-hydroxylation sites is 1. The molecule has 5 heteroatoms. The van der Waals surface area contributed by atoms with Crippen LogP contribution in [-0.4, -0.2) is 21.6 Å². The number of benzene rings is 1. The number of hydrogen-bond donors (Lipinski definition) is 1. The van der Waals surface area contributed by atoms with Gasteiger partial charge in [-0.25, -0.2) is 0 Å². The molecule has 1 aliphatic heterocycles. The molecule has 120 valence electrons. The number of rotatable bonds is 3. The smallest absolute Gasteiger partial charge is 0.153 e. The van der Waals surface area contributed by atoms with Crippen LogP contribution in [0.3, 0.4) is 0 Å². The first-order valence-corrected chi connectivity index (χ1v) is 9.03. The Balaban J connectivity index is 1.43. The second-order valence-electron chi connectivity index (χ2n) is 6.25. The number of nitrogens with zero attached hydrogens (tertiary/aromatic N) is 2. The SMILES string of the molecule is c1ccc2oc(-c3[nH]ncc3CN3CCc4sccc4C3)cc2c1. The monoisotopic (exact) mass is 335 g/mol. The van der Waals surface area contributed by atoms with Gasteiger partial charge in [0.2, 0.25) is 0 Å². The van der Waals surface area contributed by atoms with Crippen LogP contribution in [-0.2, 0) is 19.5 Å². The van der Waals surface area contributed by atoms with Crippen LogP contribution in [0.1, 0.15) is 16.0 Å². The average Bonchev–Trinajstić information content (AvgIpc) is 3.33. The van der Waals surface area contributed by atoms with E-state index in [9.17, 15) is 0 Å². The first kappa shape index (κ1) is 14.0. The molecule has 0 atom stereocenters. The van der Waals surface area contributed by atoms with Crippen molar-refractivity contribution < 1.29 is 4.42 Å². The molecule has 0 radical (unpaired) electrons. The molecule has 0 amide bonds. The minimum Gasteiger partial charge on any atom is -0.454 e. The van der Waals surface area contributed by atoms with Gasteiger partial charge in [-0.3, -0.25) is 10.00 Å². The van der Waals surface area contributed by atoms with Crippen molar-refractivity contribution in [3.8, 4) is 11.5 Å². The highest BCUT2D eigenvalue weighted by atomic mass is 32.1. The number of fused-ring (bicyclic) bond motifs is 2. The molecule has 0 fully saturated rings. The fraction of sp³-hybridized carbons (Fsp3) is 0.211. The lowest BCUT2D eigenvalue weighted by Crippen LogP contribution is -2.29. The van der Waals surface area contributed by atoms with E-state index in [1.54, 1.807) is 0 Å². The molecular formula is C19H17N3OS. The van der Waals surface area contributed by atoms with Gasteiger partial charge in [-0.15, -0.1) is 11.3 Å². The number of thiophene rings is 1. The second-order valence-corrected chi connectivity index (χ2v) is 7.25. The van der Waals surface area contributed by atoms with Crippen LogP contribution < -0.4 is 0 Å². The van der Waals surface area contributed by atoms with Crippen LogP contribution >= 0.6 is 11.3 Å². The maximum absolute atomic E-state index is 6.00. The van der Waals surface area contributed by atoms with Crippen LogP contribution in [0.15, 0.2) is 52.4 Å². The van der Waals surface area contributed by atoms with Gasteiger partial charge in [-0.05, 0) is 35.6 Å². The summed E-state index contributed by atoms with van der Waals surface area (Å²) in [7, 11) is 0. The number of furan rings is 1. The first-order valence-electron chi connectivity index (χ1n) is 8.15. The number of nitrogens with one attached hydrogen (secondary N) is 1. The van der Waals surface area contributed by atoms with E-state index in [1.165, 1.54) is 16.0 Å². The van der Waals surface area contributed by atoms with Crippen molar-refractivity contribution in [1.82, 2.24) is 15.1 Å². The molecule has 24 heavy (non-hydrogen) atoms. The largest absolute Gasteiger partial charge is 0.454 e. The van der Waals surface area contributed by atoms with Crippen molar-refractivity contribution in [2.24, 2.45) is 0 Å². The molecule has 0 spiro atoms. The molecule has 0 saturated heterocycles. The predicted octanol–water partition coefficient (Wildman–Crippen LogP) is 4.44. The summed E-state index contributed by atoms with van der Waals surface area (Å²) in [6, 6.07) is 12.4. The van der Waals surface area contributed by atoms with E-state index in [4.69, 9.17) is 4.42 Å². The van der Waals surface area contributed by atoms with Crippen molar-refractivity contribution in [2.75, 3.05) is 6.54 Å². The summed E-state index contributed by atoms with van der Waals surface area (Å²) in [6.45, 7) is 3.00. The maximum Gasteiger partial charge on any atom is 0.153 e. The average molecular weight is 335 g/mol. The molecule has 0 unspecified atom stereocenters. The zero-order chi connectivity index (χ0) is 15.9. The molecule has 0 bridgehead atoms. The van der Waals surface area contributed by atoms with Crippen LogP contribution in [0.4, 0.5) is 0 Å². The van der Waals surface area contributed by atoms with E-state index in [2.05, 4.69) is 38.7 Å². The molecule has 1 aliphatic rings. The first-order chi connectivity index (χ1) is 11.9. The Hall–Kier alpha value is -2.37. The zero-order valence-electron chi connectivity index (χ0n) is 13.2. The van der Waals surface area contributed by atoms with Crippen molar-refractivity contribution in [3.63, 3.8) is 0 Å². The minimum atomic E-state index is 0.858. The van der Waals surface area contributed by atoms with Gasteiger partial charge in [0, 0.05) is 35.5 Å². The van der Waals surface area contributed by atoms with Gasteiger partial charge >= 0.3 is 0 Å².